The maximum Gasteiger partial charge on any atom is 0.416 e. The van der Waals surface area contributed by atoms with Crippen molar-refractivity contribution in [3.63, 3.8) is 0 Å². The number of aromatic nitrogens is 2. The van der Waals surface area contributed by atoms with E-state index in [1.165, 1.54) is 11.0 Å². The summed E-state index contributed by atoms with van der Waals surface area (Å²) in [5.41, 5.74) is 1.64. The van der Waals surface area contributed by atoms with Crippen LogP contribution in [0.2, 0.25) is 5.02 Å². The predicted octanol–water partition coefficient (Wildman–Crippen LogP) is 6.99. The minimum atomic E-state index is -4.52. The molecule has 0 radical (unpaired) electrons. The van der Waals surface area contributed by atoms with Crippen molar-refractivity contribution in [2.75, 3.05) is 4.90 Å². The van der Waals surface area contributed by atoms with Gasteiger partial charge in [0.05, 0.1) is 17.8 Å². The molecule has 9 heteroatoms. The Kier molecular flexibility index (Phi) is 5.98. The quantitative estimate of drug-likeness (QED) is 0.298. The summed E-state index contributed by atoms with van der Waals surface area (Å²) >= 11 is 6.00. The van der Waals surface area contributed by atoms with Crippen molar-refractivity contribution in [1.29, 1.82) is 0 Å². The second-order valence-electron chi connectivity index (χ2n) is 8.13. The first-order chi connectivity index (χ1) is 16.8. The standard InChI is InChI=1S/C26H19ClF3N3O2/c27-20-9-11-21(12-10-20)33-24(18-7-4-8-19(15-18)26(28,29)30)23(35-25(33)34)16-32-14-13-22(31-32)17-5-2-1-3-6-17/h1-15,23-24H,16H2. The number of alkyl halides is 3. The second-order valence-corrected chi connectivity index (χ2v) is 8.56. The van der Waals surface area contributed by atoms with Crippen LogP contribution in [0.4, 0.5) is 23.7 Å². The lowest BCUT2D eigenvalue weighted by Crippen LogP contribution is -2.31. The summed E-state index contributed by atoms with van der Waals surface area (Å²) in [6.45, 7) is 0.156. The number of anilines is 1. The van der Waals surface area contributed by atoms with Gasteiger partial charge in [-0.15, -0.1) is 0 Å². The lowest BCUT2D eigenvalue weighted by Gasteiger charge is -2.26. The summed E-state index contributed by atoms with van der Waals surface area (Å²) in [5, 5.41) is 5.04. The molecule has 1 saturated heterocycles. The SMILES string of the molecule is O=C1OC(Cn2ccc(-c3ccccc3)n2)C(c2cccc(C(F)(F)F)c2)N1c1ccc(Cl)cc1. The number of halogens is 4. The van der Waals surface area contributed by atoms with E-state index in [1.54, 1.807) is 41.2 Å². The van der Waals surface area contributed by atoms with Gasteiger partial charge in [-0.3, -0.25) is 9.58 Å². The molecule has 2 heterocycles. The van der Waals surface area contributed by atoms with Crippen molar-refractivity contribution >= 4 is 23.4 Å². The highest BCUT2D eigenvalue weighted by Crippen LogP contribution is 2.40. The van der Waals surface area contributed by atoms with Gasteiger partial charge in [0.2, 0.25) is 0 Å². The maximum absolute atomic E-state index is 13.5. The number of benzene rings is 3. The Balaban J connectivity index is 1.52. The molecule has 0 aliphatic carbocycles. The summed E-state index contributed by atoms with van der Waals surface area (Å²) in [7, 11) is 0. The second kappa shape index (κ2) is 9.11. The van der Waals surface area contributed by atoms with E-state index >= 15 is 0 Å². The fraction of sp³-hybridized carbons (Fsp3) is 0.154. The van der Waals surface area contributed by atoms with Gasteiger partial charge >= 0.3 is 12.3 Å². The highest BCUT2D eigenvalue weighted by molar-refractivity contribution is 6.30. The molecule has 1 aromatic heterocycles. The van der Waals surface area contributed by atoms with E-state index in [0.29, 0.717) is 16.3 Å². The summed E-state index contributed by atoms with van der Waals surface area (Å²) in [4.78, 5) is 14.3. The Bertz CT molecular complexity index is 1340. The average molecular weight is 498 g/mol. The van der Waals surface area contributed by atoms with Gasteiger partial charge < -0.3 is 4.74 Å². The largest absolute Gasteiger partial charge is 0.441 e. The Morgan fingerprint density at radius 2 is 1.69 bits per heavy atom. The number of hydrogen-bond acceptors (Lipinski definition) is 3. The van der Waals surface area contributed by atoms with Crippen LogP contribution >= 0.6 is 11.6 Å². The van der Waals surface area contributed by atoms with Crippen molar-refractivity contribution in [1.82, 2.24) is 9.78 Å². The van der Waals surface area contributed by atoms with Gasteiger partial charge in [-0.1, -0.05) is 54.1 Å². The summed E-state index contributed by atoms with van der Waals surface area (Å²) in [6.07, 6.45) is -4.21. The van der Waals surface area contributed by atoms with Gasteiger partial charge in [0.1, 0.15) is 12.1 Å². The predicted molar refractivity (Wildman–Crippen MR) is 126 cm³/mol. The highest BCUT2D eigenvalue weighted by atomic mass is 35.5. The van der Waals surface area contributed by atoms with E-state index in [2.05, 4.69) is 5.10 Å². The fourth-order valence-corrected chi connectivity index (χ4v) is 4.33. The van der Waals surface area contributed by atoms with E-state index in [0.717, 1.165) is 23.4 Å². The molecular formula is C26H19ClF3N3O2. The van der Waals surface area contributed by atoms with Gasteiger partial charge in [0.25, 0.3) is 0 Å². The van der Waals surface area contributed by atoms with Crippen molar-refractivity contribution in [3.8, 4) is 11.3 Å². The van der Waals surface area contributed by atoms with Crippen LogP contribution in [-0.2, 0) is 17.5 Å². The Morgan fingerprint density at radius 3 is 2.40 bits per heavy atom. The third-order valence-corrected chi connectivity index (χ3v) is 6.07. The van der Waals surface area contributed by atoms with E-state index in [9.17, 15) is 18.0 Å². The van der Waals surface area contributed by atoms with Crippen LogP contribution in [0.25, 0.3) is 11.3 Å². The highest BCUT2D eigenvalue weighted by Gasteiger charge is 2.44. The molecule has 0 bridgehead atoms. The first kappa shape index (κ1) is 23.0. The molecule has 178 valence electrons. The minimum Gasteiger partial charge on any atom is -0.441 e. The fourth-order valence-electron chi connectivity index (χ4n) is 4.21. The lowest BCUT2D eigenvalue weighted by molar-refractivity contribution is -0.137. The molecule has 0 N–H and O–H groups in total. The number of amides is 1. The van der Waals surface area contributed by atoms with Crippen molar-refractivity contribution in [2.24, 2.45) is 0 Å². The van der Waals surface area contributed by atoms with Crippen molar-refractivity contribution in [3.05, 3.63) is 107 Å². The Hall–Kier alpha value is -3.78. The molecule has 5 rings (SSSR count). The molecule has 1 amide bonds. The summed E-state index contributed by atoms with van der Waals surface area (Å²) in [5.74, 6) is 0. The molecule has 2 atom stereocenters. The van der Waals surface area contributed by atoms with Crippen molar-refractivity contribution in [2.45, 2.75) is 24.9 Å². The monoisotopic (exact) mass is 497 g/mol. The van der Waals surface area contributed by atoms with Gasteiger partial charge in [-0.2, -0.15) is 18.3 Å². The van der Waals surface area contributed by atoms with Crippen LogP contribution in [0.3, 0.4) is 0 Å². The average Bonchev–Trinajstić information content (AvgIpc) is 3.44. The van der Waals surface area contributed by atoms with Crippen LogP contribution in [0.1, 0.15) is 17.2 Å². The lowest BCUT2D eigenvalue weighted by atomic mass is 9.98. The number of cyclic esters (lactones) is 1. The van der Waals surface area contributed by atoms with Crippen LogP contribution in [0.5, 0.6) is 0 Å². The third-order valence-electron chi connectivity index (χ3n) is 5.82. The van der Waals surface area contributed by atoms with E-state index in [-0.39, 0.29) is 6.54 Å². The van der Waals surface area contributed by atoms with Gasteiger partial charge in [0, 0.05) is 22.5 Å². The molecule has 2 unspecified atom stereocenters. The number of carbonyl (C=O) groups excluding carboxylic acids is 1. The molecule has 4 aromatic rings. The number of hydrogen-bond donors (Lipinski definition) is 0. The van der Waals surface area contributed by atoms with Gasteiger partial charge in [-0.05, 0) is 48.0 Å². The number of carbonyl (C=O) groups is 1. The van der Waals surface area contributed by atoms with E-state index in [1.807, 2.05) is 36.4 Å². The van der Waals surface area contributed by atoms with Crippen LogP contribution in [0.15, 0.2) is 91.1 Å². The molecule has 1 aliphatic heterocycles. The summed E-state index contributed by atoms with van der Waals surface area (Å²) in [6, 6.07) is 22.0. The Labute approximate surface area is 204 Å². The smallest absolute Gasteiger partial charge is 0.416 e. The van der Waals surface area contributed by atoms with E-state index in [4.69, 9.17) is 16.3 Å². The molecule has 35 heavy (non-hydrogen) atoms. The van der Waals surface area contributed by atoms with Gasteiger partial charge in [0.15, 0.2) is 0 Å². The van der Waals surface area contributed by atoms with Crippen LogP contribution in [-0.4, -0.2) is 22.0 Å². The topological polar surface area (TPSA) is 47.4 Å². The molecule has 1 fully saturated rings. The molecular weight excluding hydrogens is 479 g/mol. The zero-order chi connectivity index (χ0) is 24.6. The molecule has 0 spiro atoms. The van der Waals surface area contributed by atoms with Crippen LogP contribution < -0.4 is 4.90 Å². The normalized spacial score (nSPS) is 18.1. The molecule has 3 aromatic carbocycles. The third kappa shape index (κ3) is 4.74. The first-order valence-corrected chi connectivity index (χ1v) is 11.2. The minimum absolute atomic E-state index is 0.156. The first-order valence-electron chi connectivity index (χ1n) is 10.8. The number of ether oxygens (including phenoxy) is 1. The van der Waals surface area contributed by atoms with E-state index < -0.39 is 30.0 Å². The molecule has 5 nitrogen and oxygen atoms in total. The zero-order valence-electron chi connectivity index (χ0n) is 18.2. The Morgan fingerprint density at radius 1 is 0.943 bits per heavy atom. The summed E-state index contributed by atoms with van der Waals surface area (Å²) < 4.78 is 47.7. The number of rotatable bonds is 5. The zero-order valence-corrected chi connectivity index (χ0v) is 18.9. The van der Waals surface area contributed by atoms with Gasteiger partial charge in [-0.25, -0.2) is 4.79 Å². The molecule has 1 aliphatic rings. The van der Waals surface area contributed by atoms with Crippen molar-refractivity contribution < 1.29 is 22.7 Å². The number of nitrogens with zero attached hydrogens (tertiary/aromatic N) is 3. The maximum atomic E-state index is 13.5. The van der Waals surface area contributed by atoms with Crippen LogP contribution in [0, 0.1) is 0 Å². The molecule has 0 saturated carbocycles.